The number of carbonyl (C=O) groups is 1. The van der Waals surface area contributed by atoms with Crippen LogP contribution in [0.5, 0.6) is 5.75 Å². The smallest absolute Gasteiger partial charge is 0.308 e. The Balaban J connectivity index is 3.01. The molecule has 1 aromatic carbocycles. The average molecular weight is 222 g/mol. The maximum atomic E-state index is 10.9. The van der Waals surface area contributed by atoms with Gasteiger partial charge in [-0.3, -0.25) is 9.28 Å². The second kappa shape index (κ2) is 5.12. The largest absolute Gasteiger partial charge is 0.426 e. The quantitative estimate of drug-likeness (QED) is 0.444. The molecular formula is C13H20NO2+. The molecule has 0 saturated heterocycles. The Bertz CT molecular complexity index is 370. The summed E-state index contributed by atoms with van der Waals surface area (Å²) in [5, 5.41) is 0. The Kier molecular flexibility index (Phi) is 4.07. The van der Waals surface area contributed by atoms with Gasteiger partial charge in [0, 0.05) is 13.0 Å². The first-order valence-corrected chi connectivity index (χ1v) is 5.65. The van der Waals surface area contributed by atoms with E-state index in [1.165, 1.54) is 12.6 Å². The number of rotatable bonds is 4. The first kappa shape index (κ1) is 12.7. The lowest BCUT2D eigenvalue weighted by Gasteiger charge is -2.31. The highest BCUT2D eigenvalue weighted by atomic mass is 16.5. The highest BCUT2D eigenvalue weighted by molar-refractivity contribution is 5.69. The van der Waals surface area contributed by atoms with Crippen LogP contribution in [0.1, 0.15) is 20.8 Å². The molecule has 0 aliphatic carbocycles. The summed E-state index contributed by atoms with van der Waals surface area (Å²) in [6, 6.07) is 7.74. The molecule has 16 heavy (non-hydrogen) atoms. The molecule has 0 spiro atoms. The van der Waals surface area contributed by atoms with Gasteiger partial charge in [0.2, 0.25) is 0 Å². The zero-order chi connectivity index (χ0) is 12.2. The summed E-state index contributed by atoms with van der Waals surface area (Å²) in [5.74, 6) is 0.343. The maximum Gasteiger partial charge on any atom is 0.308 e. The number of benzene rings is 1. The molecule has 1 aromatic rings. The van der Waals surface area contributed by atoms with Crippen LogP contribution in [0.15, 0.2) is 24.3 Å². The molecule has 0 aromatic heterocycles. The van der Waals surface area contributed by atoms with Gasteiger partial charge in [-0.25, -0.2) is 0 Å². The zero-order valence-corrected chi connectivity index (χ0v) is 10.5. The standard InChI is InChI=1S/C13H20NO2/c1-5-14(4,6-2)12-8-7-9-13(10-12)16-11(3)15/h7-10H,5-6H2,1-4H3/q+1. The third kappa shape index (κ3) is 2.83. The number of quaternary nitrogens is 1. The minimum Gasteiger partial charge on any atom is -0.426 e. The summed E-state index contributed by atoms with van der Waals surface area (Å²) in [5.41, 5.74) is 1.17. The predicted octanol–water partition coefficient (Wildman–Crippen LogP) is 2.59. The summed E-state index contributed by atoms with van der Waals surface area (Å²) in [6.45, 7) is 7.75. The summed E-state index contributed by atoms with van der Waals surface area (Å²) < 4.78 is 5.93. The van der Waals surface area contributed by atoms with Gasteiger partial charge in [0.15, 0.2) is 0 Å². The van der Waals surface area contributed by atoms with Crippen molar-refractivity contribution >= 4 is 11.7 Å². The van der Waals surface area contributed by atoms with Crippen molar-refractivity contribution in [1.82, 2.24) is 4.48 Å². The summed E-state index contributed by atoms with van der Waals surface area (Å²) >= 11 is 0. The number of nitrogens with zero attached hydrogens (tertiary/aromatic N) is 1. The second-order valence-electron chi connectivity index (χ2n) is 4.12. The fourth-order valence-corrected chi connectivity index (χ4v) is 1.64. The van der Waals surface area contributed by atoms with E-state index in [0.717, 1.165) is 17.6 Å². The van der Waals surface area contributed by atoms with Gasteiger partial charge in [-0.15, -0.1) is 0 Å². The van der Waals surface area contributed by atoms with E-state index in [-0.39, 0.29) is 5.97 Å². The summed E-state index contributed by atoms with van der Waals surface area (Å²) in [4.78, 5) is 10.9. The number of esters is 1. The number of hydrogen-bond donors (Lipinski definition) is 0. The van der Waals surface area contributed by atoms with Gasteiger partial charge < -0.3 is 4.74 Å². The first-order chi connectivity index (χ1) is 7.51. The van der Waals surface area contributed by atoms with E-state index in [0.29, 0.717) is 5.75 Å². The van der Waals surface area contributed by atoms with Gasteiger partial charge in [0.05, 0.1) is 20.1 Å². The van der Waals surface area contributed by atoms with E-state index in [4.69, 9.17) is 4.74 Å². The lowest BCUT2D eigenvalue weighted by atomic mass is 10.2. The Morgan fingerprint density at radius 3 is 2.44 bits per heavy atom. The third-order valence-electron chi connectivity index (χ3n) is 3.10. The molecule has 0 radical (unpaired) electrons. The van der Waals surface area contributed by atoms with Crippen LogP contribution in [0.3, 0.4) is 0 Å². The number of hydrogen-bond acceptors (Lipinski definition) is 2. The fourth-order valence-electron chi connectivity index (χ4n) is 1.64. The molecular weight excluding hydrogens is 202 g/mol. The molecule has 0 amide bonds. The molecule has 0 saturated carbocycles. The van der Waals surface area contributed by atoms with Gasteiger partial charge in [-0.1, -0.05) is 6.07 Å². The molecule has 88 valence electrons. The van der Waals surface area contributed by atoms with Crippen molar-refractivity contribution in [3.05, 3.63) is 24.3 Å². The van der Waals surface area contributed by atoms with Crippen LogP contribution in [-0.4, -0.2) is 26.1 Å². The van der Waals surface area contributed by atoms with Gasteiger partial charge in [0.1, 0.15) is 11.4 Å². The summed E-state index contributed by atoms with van der Waals surface area (Å²) in [6.07, 6.45) is 0. The molecule has 0 atom stereocenters. The maximum absolute atomic E-state index is 10.9. The molecule has 3 heteroatoms. The molecule has 3 nitrogen and oxygen atoms in total. The van der Waals surface area contributed by atoms with Crippen molar-refractivity contribution in [1.29, 1.82) is 0 Å². The van der Waals surface area contributed by atoms with Crippen LogP contribution in [0, 0.1) is 0 Å². The normalized spacial score (nSPS) is 11.2. The second-order valence-corrected chi connectivity index (χ2v) is 4.12. The Morgan fingerprint density at radius 1 is 1.31 bits per heavy atom. The van der Waals surface area contributed by atoms with Crippen LogP contribution in [0.25, 0.3) is 0 Å². The van der Waals surface area contributed by atoms with Crippen molar-refractivity contribution in [2.75, 3.05) is 20.1 Å². The Labute approximate surface area is 97.2 Å². The van der Waals surface area contributed by atoms with E-state index in [1.807, 2.05) is 12.1 Å². The van der Waals surface area contributed by atoms with E-state index in [2.05, 4.69) is 27.0 Å². The van der Waals surface area contributed by atoms with Crippen LogP contribution in [-0.2, 0) is 4.79 Å². The fraction of sp³-hybridized carbons (Fsp3) is 0.462. The minimum absolute atomic E-state index is 0.278. The lowest BCUT2D eigenvalue weighted by molar-refractivity contribution is -0.131. The minimum atomic E-state index is -0.278. The molecule has 0 unspecified atom stereocenters. The van der Waals surface area contributed by atoms with Gasteiger partial charge in [-0.05, 0) is 26.0 Å². The molecule has 0 aliphatic heterocycles. The van der Waals surface area contributed by atoms with E-state index >= 15 is 0 Å². The Morgan fingerprint density at radius 2 is 1.94 bits per heavy atom. The summed E-state index contributed by atoms with van der Waals surface area (Å²) in [7, 11) is 2.17. The van der Waals surface area contributed by atoms with Crippen LogP contribution >= 0.6 is 0 Å². The van der Waals surface area contributed by atoms with Crippen LogP contribution in [0.2, 0.25) is 0 Å². The van der Waals surface area contributed by atoms with Crippen molar-refractivity contribution in [2.24, 2.45) is 0 Å². The number of carbonyl (C=O) groups excluding carboxylic acids is 1. The highest BCUT2D eigenvalue weighted by Crippen LogP contribution is 2.25. The van der Waals surface area contributed by atoms with Gasteiger partial charge >= 0.3 is 5.97 Å². The highest BCUT2D eigenvalue weighted by Gasteiger charge is 2.20. The SMILES string of the molecule is CC[N+](C)(CC)c1cccc(OC(C)=O)c1. The van der Waals surface area contributed by atoms with E-state index in [1.54, 1.807) is 6.07 Å². The van der Waals surface area contributed by atoms with Crippen molar-refractivity contribution in [3.63, 3.8) is 0 Å². The van der Waals surface area contributed by atoms with Crippen molar-refractivity contribution < 1.29 is 9.53 Å². The third-order valence-corrected chi connectivity index (χ3v) is 3.10. The first-order valence-electron chi connectivity index (χ1n) is 5.65. The molecule has 0 fully saturated rings. The Hall–Kier alpha value is -1.35. The van der Waals surface area contributed by atoms with Gasteiger partial charge in [0.25, 0.3) is 0 Å². The monoisotopic (exact) mass is 222 g/mol. The molecule has 1 rings (SSSR count). The number of ether oxygens (including phenoxy) is 1. The molecule has 0 aliphatic rings. The lowest BCUT2D eigenvalue weighted by Crippen LogP contribution is -2.44. The van der Waals surface area contributed by atoms with Gasteiger partial charge in [-0.2, -0.15) is 0 Å². The zero-order valence-electron chi connectivity index (χ0n) is 10.5. The van der Waals surface area contributed by atoms with E-state index in [9.17, 15) is 4.79 Å². The molecule has 0 heterocycles. The molecule has 0 N–H and O–H groups in total. The van der Waals surface area contributed by atoms with Crippen LogP contribution < -0.4 is 9.22 Å². The topological polar surface area (TPSA) is 26.3 Å². The van der Waals surface area contributed by atoms with Crippen molar-refractivity contribution in [3.8, 4) is 5.75 Å². The molecule has 0 bridgehead atoms. The predicted molar refractivity (Wildman–Crippen MR) is 66.6 cm³/mol. The van der Waals surface area contributed by atoms with E-state index < -0.39 is 0 Å². The average Bonchev–Trinajstić information content (AvgIpc) is 2.27. The van der Waals surface area contributed by atoms with Crippen molar-refractivity contribution in [2.45, 2.75) is 20.8 Å². The van der Waals surface area contributed by atoms with Crippen LogP contribution in [0.4, 0.5) is 5.69 Å².